The molecule has 2 heterocycles. The number of thioether (sulfide) groups is 1. The highest BCUT2D eigenvalue weighted by atomic mass is 32.2. The number of nitrogens with zero attached hydrogens (tertiary/aromatic N) is 2. The third-order valence-electron chi connectivity index (χ3n) is 3.55. The summed E-state index contributed by atoms with van der Waals surface area (Å²) in [6, 6.07) is 8.65. The van der Waals surface area contributed by atoms with E-state index in [1.165, 1.54) is 11.1 Å². The molecule has 5 heteroatoms. The second kappa shape index (κ2) is 6.62. The van der Waals surface area contributed by atoms with Crippen molar-refractivity contribution in [3.05, 3.63) is 47.1 Å². The van der Waals surface area contributed by atoms with Crippen LogP contribution in [-0.4, -0.2) is 15.9 Å². The van der Waals surface area contributed by atoms with Crippen LogP contribution in [0.1, 0.15) is 42.7 Å². The maximum atomic E-state index is 5.44. The van der Waals surface area contributed by atoms with Gasteiger partial charge in [0.05, 0.1) is 11.8 Å². The molecule has 0 radical (unpaired) electrons. The molecule has 1 aromatic heterocycles. The number of benzene rings is 1. The standard InChI is InChI=1S/C16H21N3OS/c1-11(2)9-21-10-15-18-16(20-19-15)14-7-12-5-3-4-6-13(12)8-17-14/h3-6,11,14,17H,7-10H2,1-2H3/t14-/m1/s1. The van der Waals surface area contributed by atoms with Gasteiger partial charge >= 0.3 is 0 Å². The monoisotopic (exact) mass is 303 g/mol. The van der Waals surface area contributed by atoms with E-state index in [-0.39, 0.29) is 6.04 Å². The number of nitrogens with one attached hydrogen (secondary N) is 1. The zero-order valence-corrected chi connectivity index (χ0v) is 13.3. The average Bonchev–Trinajstić information content (AvgIpc) is 2.95. The minimum Gasteiger partial charge on any atom is -0.338 e. The van der Waals surface area contributed by atoms with Crippen LogP contribution < -0.4 is 5.32 Å². The lowest BCUT2D eigenvalue weighted by molar-refractivity contribution is 0.319. The van der Waals surface area contributed by atoms with Gasteiger partial charge in [-0.05, 0) is 29.2 Å². The van der Waals surface area contributed by atoms with Gasteiger partial charge in [-0.15, -0.1) is 0 Å². The molecule has 21 heavy (non-hydrogen) atoms. The first kappa shape index (κ1) is 14.6. The van der Waals surface area contributed by atoms with E-state index < -0.39 is 0 Å². The third kappa shape index (κ3) is 3.66. The zero-order valence-electron chi connectivity index (χ0n) is 12.5. The summed E-state index contributed by atoms with van der Waals surface area (Å²) in [6.07, 6.45) is 0.914. The van der Waals surface area contributed by atoms with Gasteiger partial charge in [0.15, 0.2) is 5.82 Å². The Bertz CT molecular complexity index is 597. The van der Waals surface area contributed by atoms with Gasteiger partial charge < -0.3 is 9.84 Å². The molecule has 0 aliphatic carbocycles. The molecular weight excluding hydrogens is 282 g/mol. The Morgan fingerprint density at radius 2 is 2.14 bits per heavy atom. The highest BCUT2D eigenvalue weighted by molar-refractivity contribution is 7.98. The minimum atomic E-state index is 0.135. The lowest BCUT2D eigenvalue weighted by Gasteiger charge is -2.23. The van der Waals surface area contributed by atoms with Crippen molar-refractivity contribution >= 4 is 11.8 Å². The Labute approximate surface area is 129 Å². The highest BCUT2D eigenvalue weighted by Gasteiger charge is 2.24. The summed E-state index contributed by atoms with van der Waals surface area (Å²) in [5.74, 6) is 4.16. The maximum Gasteiger partial charge on any atom is 0.244 e. The van der Waals surface area contributed by atoms with Crippen molar-refractivity contribution in [3.63, 3.8) is 0 Å². The van der Waals surface area contributed by atoms with Gasteiger partial charge in [0, 0.05) is 6.54 Å². The Balaban J connectivity index is 1.62. The first-order chi connectivity index (χ1) is 10.2. The molecule has 0 amide bonds. The smallest absolute Gasteiger partial charge is 0.244 e. The molecule has 4 nitrogen and oxygen atoms in total. The second-order valence-corrected chi connectivity index (χ2v) is 6.89. The quantitative estimate of drug-likeness (QED) is 0.918. The minimum absolute atomic E-state index is 0.135. The first-order valence-electron chi connectivity index (χ1n) is 7.42. The molecule has 0 saturated heterocycles. The van der Waals surface area contributed by atoms with Gasteiger partial charge in [-0.25, -0.2) is 0 Å². The average molecular weight is 303 g/mol. The van der Waals surface area contributed by atoms with Gasteiger partial charge in [-0.3, -0.25) is 0 Å². The third-order valence-corrected chi connectivity index (χ3v) is 4.91. The molecular formula is C16H21N3OS. The van der Waals surface area contributed by atoms with Crippen molar-refractivity contribution in [3.8, 4) is 0 Å². The normalized spacial score (nSPS) is 18.0. The van der Waals surface area contributed by atoms with Gasteiger partial charge in [-0.2, -0.15) is 16.7 Å². The fourth-order valence-electron chi connectivity index (χ4n) is 2.48. The lowest BCUT2D eigenvalue weighted by atomic mass is 9.96. The Hall–Kier alpha value is -1.33. The van der Waals surface area contributed by atoms with Gasteiger partial charge in [-0.1, -0.05) is 43.3 Å². The molecule has 0 saturated carbocycles. The van der Waals surface area contributed by atoms with Crippen LogP contribution >= 0.6 is 11.8 Å². The van der Waals surface area contributed by atoms with Crippen molar-refractivity contribution < 1.29 is 4.52 Å². The molecule has 1 aliphatic heterocycles. The molecule has 1 aliphatic rings. The molecule has 3 rings (SSSR count). The highest BCUT2D eigenvalue weighted by Crippen LogP contribution is 2.25. The molecule has 0 fully saturated rings. The van der Waals surface area contributed by atoms with Crippen molar-refractivity contribution in [1.29, 1.82) is 0 Å². The van der Waals surface area contributed by atoms with E-state index in [9.17, 15) is 0 Å². The van der Waals surface area contributed by atoms with Crippen molar-refractivity contribution in [2.24, 2.45) is 5.92 Å². The zero-order chi connectivity index (χ0) is 14.7. The van der Waals surface area contributed by atoms with E-state index in [0.717, 1.165) is 30.3 Å². The van der Waals surface area contributed by atoms with Crippen molar-refractivity contribution in [1.82, 2.24) is 15.5 Å². The SMILES string of the molecule is CC(C)CSCc1noc([C@H]2Cc3ccccc3CN2)n1. The fourth-order valence-corrected chi connectivity index (χ4v) is 3.37. The van der Waals surface area contributed by atoms with Crippen LogP contribution in [0.5, 0.6) is 0 Å². The van der Waals surface area contributed by atoms with Crippen molar-refractivity contribution in [2.75, 3.05) is 5.75 Å². The maximum absolute atomic E-state index is 5.44. The number of hydrogen-bond acceptors (Lipinski definition) is 5. The van der Waals surface area contributed by atoms with Crippen molar-refractivity contribution in [2.45, 2.75) is 38.6 Å². The van der Waals surface area contributed by atoms with E-state index >= 15 is 0 Å². The Morgan fingerprint density at radius 3 is 2.95 bits per heavy atom. The summed E-state index contributed by atoms with van der Waals surface area (Å²) in [4.78, 5) is 4.54. The molecule has 1 atom stereocenters. The summed E-state index contributed by atoms with van der Waals surface area (Å²) in [5, 5.41) is 7.57. The van der Waals surface area contributed by atoms with E-state index in [2.05, 4.69) is 53.6 Å². The van der Waals surface area contributed by atoms with Crippen LogP contribution in [0.25, 0.3) is 0 Å². The Morgan fingerprint density at radius 1 is 1.33 bits per heavy atom. The molecule has 1 N–H and O–H groups in total. The van der Waals surface area contributed by atoms with Gasteiger partial charge in [0.2, 0.25) is 5.89 Å². The predicted octanol–water partition coefficient (Wildman–Crippen LogP) is 3.35. The molecule has 0 spiro atoms. The summed E-state index contributed by atoms with van der Waals surface area (Å²) in [6.45, 7) is 5.30. The van der Waals surface area contributed by atoms with Crippen LogP contribution in [0.3, 0.4) is 0 Å². The van der Waals surface area contributed by atoms with Crippen LogP contribution in [0.15, 0.2) is 28.8 Å². The van der Waals surface area contributed by atoms with Gasteiger partial charge in [0.1, 0.15) is 0 Å². The molecule has 1 aromatic carbocycles. The van der Waals surface area contributed by atoms with Crippen LogP contribution in [0.2, 0.25) is 0 Å². The van der Waals surface area contributed by atoms with E-state index in [0.29, 0.717) is 11.8 Å². The van der Waals surface area contributed by atoms with Crippen LogP contribution in [0.4, 0.5) is 0 Å². The fraction of sp³-hybridized carbons (Fsp3) is 0.500. The van der Waals surface area contributed by atoms with E-state index in [4.69, 9.17) is 4.52 Å². The summed E-state index contributed by atoms with van der Waals surface area (Å²) >= 11 is 1.86. The summed E-state index contributed by atoms with van der Waals surface area (Å²) in [5.41, 5.74) is 2.73. The first-order valence-corrected chi connectivity index (χ1v) is 8.58. The van der Waals surface area contributed by atoms with Gasteiger partial charge in [0.25, 0.3) is 0 Å². The number of fused-ring (bicyclic) bond motifs is 1. The molecule has 0 bridgehead atoms. The largest absolute Gasteiger partial charge is 0.338 e. The summed E-state index contributed by atoms with van der Waals surface area (Å²) in [7, 11) is 0. The molecule has 2 aromatic rings. The van der Waals surface area contributed by atoms with E-state index in [1.54, 1.807) is 0 Å². The molecule has 0 unspecified atom stereocenters. The Kier molecular flexibility index (Phi) is 4.60. The van der Waals surface area contributed by atoms with E-state index in [1.807, 2.05) is 11.8 Å². The van der Waals surface area contributed by atoms with Crippen LogP contribution in [0, 0.1) is 5.92 Å². The number of hydrogen-bond donors (Lipinski definition) is 1. The second-order valence-electron chi connectivity index (χ2n) is 5.86. The number of aromatic nitrogens is 2. The lowest BCUT2D eigenvalue weighted by Crippen LogP contribution is -2.28. The molecule has 112 valence electrons. The number of rotatable bonds is 5. The predicted molar refractivity (Wildman–Crippen MR) is 85.0 cm³/mol. The topological polar surface area (TPSA) is 51.0 Å². The summed E-state index contributed by atoms with van der Waals surface area (Å²) < 4.78 is 5.44. The van der Waals surface area contributed by atoms with Crippen LogP contribution in [-0.2, 0) is 18.7 Å².